The lowest BCUT2D eigenvalue weighted by molar-refractivity contribution is -0.115. The van der Waals surface area contributed by atoms with Crippen molar-refractivity contribution in [2.45, 2.75) is 31.7 Å². The molecule has 0 saturated carbocycles. The van der Waals surface area contributed by atoms with Gasteiger partial charge in [-0.15, -0.1) is 11.8 Å². The van der Waals surface area contributed by atoms with Gasteiger partial charge in [0.2, 0.25) is 5.91 Å². The first-order valence-corrected chi connectivity index (χ1v) is 10.3. The van der Waals surface area contributed by atoms with Crippen LogP contribution in [-0.2, 0) is 11.3 Å². The molecule has 0 fully saturated rings. The number of carbonyl (C=O) groups excluding carboxylic acids is 2. The molecule has 0 bridgehead atoms. The number of anilines is 2. The normalized spacial score (nSPS) is 13.7. The van der Waals surface area contributed by atoms with Gasteiger partial charge in [-0.1, -0.05) is 26.0 Å². The maximum absolute atomic E-state index is 12.7. The van der Waals surface area contributed by atoms with Gasteiger partial charge in [0.25, 0.3) is 5.91 Å². The summed E-state index contributed by atoms with van der Waals surface area (Å²) in [6.45, 7) is 7.13. The molecule has 0 atom stereocenters. The second kappa shape index (κ2) is 9.06. The predicted molar refractivity (Wildman–Crippen MR) is 111 cm³/mol. The van der Waals surface area contributed by atoms with Crippen LogP contribution in [0.2, 0.25) is 0 Å². The Balaban J connectivity index is 1.73. The van der Waals surface area contributed by atoms with Crippen molar-refractivity contribution in [1.82, 2.24) is 4.90 Å². The maximum Gasteiger partial charge on any atom is 0.255 e. The summed E-state index contributed by atoms with van der Waals surface area (Å²) in [7, 11) is 0. The van der Waals surface area contributed by atoms with E-state index in [1.54, 1.807) is 23.9 Å². The van der Waals surface area contributed by atoms with E-state index in [1.165, 1.54) is 5.56 Å². The van der Waals surface area contributed by atoms with Crippen LogP contribution in [0.5, 0.6) is 0 Å². The van der Waals surface area contributed by atoms with Gasteiger partial charge in [0.1, 0.15) is 0 Å². The van der Waals surface area contributed by atoms with E-state index in [1.807, 2.05) is 24.3 Å². The number of nitrogens with zero attached hydrogens (tertiary/aromatic N) is 1. The van der Waals surface area contributed by atoms with Crippen molar-refractivity contribution in [3.63, 3.8) is 0 Å². The smallest absolute Gasteiger partial charge is 0.255 e. The number of thioether (sulfide) groups is 1. The Hall–Kier alpha value is -2.31. The molecule has 0 unspecified atom stereocenters. The highest BCUT2D eigenvalue weighted by atomic mass is 32.2. The molecule has 0 saturated heterocycles. The Morgan fingerprint density at radius 3 is 2.78 bits per heavy atom. The van der Waals surface area contributed by atoms with Crippen LogP contribution in [0.3, 0.4) is 0 Å². The third kappa shape index (κ3) is 5.11. The number of rotatable bonds is 6. The van der Waals surface area contributed by atoms with Gasteiger partial charge in [-0.2, -0.15) is 0 Å². The number of carbonyl (C=O) groups is 2. The molecule has 2 aromatic rings. The van der Waals surface area contributed by atoms with Gasteiger partial charge in [-0.05, 0) is 49.0 Å². The molecule has 3 rings (SSSR count). The minimum Gasteiger partial charge on any atom is -0.325 e. The molecule has 0 spiro atoms. The molecule has 0 radical (unpaired) electrons. The zero-order valence-corrected chi connectivity index (χ0v) is 16.6. The first-order valence-electron chi connectivity index (χ1n) is 9.28. The van der Waals surface area contributed by atoms with Gasteiger partial charge in [0.05, 0.1) is 5.69 Å². The summed E-state index contributed by atoms with van der Waals surface area (Å²) in [5.74, 6) is 0.563. The van der Waals surface area contributed by atoms with Gasteiger partial charge in [0, 0.05) is 34.9 Å². The van der Waals surface area contributed by atoms with E-state index in [-0.39, 0.29) is 11.8 Å². The molecule has 5 nitrogen and oxygen atoms in total. The van der Waals surface area contributed by atoms with Crippen LogP contribution < -0.4 is 10.6 Å². The van der Waals surface area contributed by atoms with Crippen molar-refractivity contribution in [3.05, 3.63) is 53.6 Å². The van der Waals surface area contributed by atoms with E-state index >= 15 is 0 Å². The number of fused-ring (bicyclic) bond motifs is 1. The molecule has 6 heteroatoms. The average molecular weight is 384 g/mol. The van der Waals surface area contributed by atoms with Crippen molar-refractivity contribution in [3.8, 4) is 0 Å². The Morgan fingerprint density at radius 2 is 2.00 bits per heavy atom. The fourth-order valence-electron chi connectivity index (χ4n) is 3.02. The van der Waals surface area contributed by atoms with Gasteiger partial charge in [0.15, 0.2) is 0 Å². The third-order valence-electron chi connectivity index (χ3n) is 4.59. The zero-order chi connectivity index (χ0) is 19.2. The molecule has 2 amide bonds. The lowest BCUT2D eigenvalue weighted by Gasteiger charge is -2.18. The summed E-state index contributed by atoms with van der Waals surface area (Å²) in [5, 5.41) is 5.84. The zero-order valence-electron chi connectivity index (χ0n) is 15.7. The fourth-order valence-corrected chi connectivity index (χ4v) is 3.95. The van der Waals surface area contributed by atoms with E-state index in [0.717, 1.165) is 36.0 Å². The second-order valence-electron chi connectivity index (χ2n) is 6.47. The highest BCUT2D eigenvalue weighted by Gasteiger charge is 2.16. The average Bonchev–Trinajstić information content (AvgIpc) is 2.86. The van der Waals surface area contributed by atoms with Crippen molar-refractivity contribution in [2.24, 2.45) is 0 Å². The van der Waals surface area contributed by atoms with Crippen LogP contribution in [-0.4, -0.2) is 35.6 Å². The van der Waals surface area contributed by atoms with E-state index < -0.39 is 0 Å². The van der Waals surface area contributed by atoms with E-state index in [9.17, 15) is 9.59 Å². The summed E-state index contributed by atoms with van der Waals surface area (Å²) in [6, 6.07) is 13.4. The van der Waals surface area contributed by atoms with E-state index in [2.05, 4.69) is 35.4 Å². The second-order valence-corrected chi connectivity index (χ2v) is 7.61. The molecule has 1 heterocycles. The highest BCUT2D eigenvalue weighted by Crippen LogP contribution is 2.31. The SMILES string of the molecule is CCN(CC)Cc1cccc(NC(=O)c2ccc3c(c2)NC(=O)CCS3)c1. The predicted octanol–water partition coefficient (Wildman–Crippen LogP) is 4.22. The van der Waals surface area contributed by atoms with Gasteiger partial charge < -0.3 is 10.6 Å². The van der Waals surface area contributed by atoms with Gasteiger partial charge in [-0.25, -0.2) is 0 Å². The molecule has 2 N–H and O–H groups in total. The molecule has 27 heavy (non-hydrogen) atoms. The minimum atomic E-state index is -0.179. The van der Waals surface area contributed by atoms with Gasteiger partial charge in [-0.3, -0.25) is 14.5 Å². The van der Waals surface area contributed by atoms with Crippen LogP contribution >= 0.6 is 11.8 Å². The largest absolute Gasteiger partial charge is 0.325 e. The third-order valence-corrected chi connectivity index (χ3v) is 5.66. The summed E-state index contributed by atoms with van der Waals surface area (Å²) >= 11 is 1.63. The first-order chi connectivity index (χ1) is 13.1. The molecule has 0 aromatic heterocycles. The van der Waals surface area contributed by atoms with Crippen LogP contribution in [0.4, 0.5) is 11.4 Å². The quantitative estimate of drug-likeness (QED) is 0.784. The van der Waals surface area contributed by atoms with Crippen molar-refractivity contribution in [2.75, 3.05) is 29.5 Å². The summed E-state index contributed by atoms with van der Waals surface area (Å²) in [6.07, 6.45) is 0.486. The highest BCUT2D eigenvalue weighted by molar-refractivity contribution is 7.99. The Bertz CT molecular complexity index is 834. The molecular weight excluding hydrogens is 358 g/mol. The summed E-state index contributed by atoms with van der Waals surface area (Å²) in [4.78, 5) is 27.8. The standard InChI is InChI=1S/C21H25N3O2S/c1-3-24(4-2)14-15-6-5-7-17(12-15)22-21(26)16-8-9-19-18(13-16)23-20(25)10-11-27-19/h5-9,12-13H,3-4,10-11,14H2,1-2H3,(H,22,26)(H,23,25). The molecular formula is C21H25N3O2S. The lowest BCUT2D eigenvalue weighted by atomic mass is 10.1. The summed E-state index contributed by atoms with van der Waals surface area (Å²) in [5.41, 5.74) is 3.19. The fraction of sp³-hybridized carbons (Fsp3) is 0.333. The van der Waals surface area contributed by atoms with Crippen molar-refractivity contribution >= 4 is 35.0 Å². The molecule has 142 valence electrons. The van der Waals surface area contributed by atoms with Crippen LogP contribution in [0.15, 0.2) is 47.4 Å². The minimum absolute atomic E-state index is 0.0112. The summed E-state index contributed by atoms with van der Waals surface area (Å²) < 4.78 is 0. The van der Waals surface area contributed by atoms with Crippen LogP contribution in [0, 0.1) is 0 Å². The van der Waals surface area contributed by atoms with Crippen molar-refractivity contribution in [1.29, 1.82) is 0 Å². The first kappa shape index (κ1) is 19.5. The van der Waals surface area contributed by atoms with Crippen molar-refractivity contribution < 1.29 is 9.59 Å². The lowest BCUT2D eigenvalue weighted by Crippen LogP contribution is -2.22. The van der Waals surface area contributed by atoms with Gasteiger partial charge >= 0.3 is 0 Å². The number of benzene rings is 2. The van der Waals surface area contributed by atoms with Crippen LogP contribution in [0.25, 0.3) is 0 Å². The number of hydrogen-bond acceptors (Lipinski definition) is 4. The number of nitrogens with one attached hydrogen (secondary N) is 2. The van der Waals surface area contributed by atoms with E-state index in [0.29, 0.717) is 17.7 Å². The monoisotopic (exact) mass is 383 g/mol. The molecule has 0 aliphatic carbocycles. The molecule has 2 aromatic carbocycles. The number of hydrogen-bond donors (Lipinski definition) is 2. The Morgan fingerprint density at radius 1 is 1.19 bits per heavy atom. The Kier molecular flexibility index (Phi) is 6.53. The topological polar surface area (TPSA) is 61.4 Å². The van der Waals surface area contributed by atoms with Crippen LogP contribution in [0.1, 0.15) is 36.2 Å². The molecule has 1 aliphatic rings. The molecule has 1 aliphatic heterocycles. The maximum atomic E-state index is 12.7. The Labute approximate surface area is 164 Å². The van der Waals surface area contributed by atoms with E-state index in [4.69, 9.17) is 0 Å². The number of amides is 2.